The molecule has 0 unspecified atom stereocenters. The van der Waals surface area contributed by atoms with Crippen LogP contribution in [0, 0.1) is 0 Å². The van der Waals surface area contributed by atoms with Gasteiger partial charge in [-0.05, 0) is 0 Å². The quantitative estimate of drug-likeness (QED) is 0.342. The van der Waals surface area contributed by atoms with Crippen molar-refractivity contribution in [1.82, 2.24) is 0 Å². The molecule has 1 aliphatic rings. The second-order valence-corrected chi connectivity index (χ2v) is 3.42. The molecule has 7 heteroatoms. The normalized spacial score (nSPS) is 44.0. The third kappa shape index (κ3) is 2.45. The van der Waals surface area contributed by atoms with Crippen LogP contribution in [0.4, 0.5) is 0 Å². The predicted octanol–water partition coefficient (Wildman–Crippen LogP) is -3.21. The molecule has 1 rings (SSSR count). The van der Waals surface area contributed by atoms with Crippen LogP contribution in [-0.2, 0) is 9.47 Å². The third-order valence-electron chi connectivity index (χ3n) is 2.44. The highest BCUT2D eigenvalue weighted by molar-refractivity contribution is 4.92. The van der Waals surface area contributed by atoms with E-state index in [2.05, 4.69) is 0 Å². The lowest BCUT2D eigenvalue weighted by Crippen LogP contribution is -2.61. The van der Waals surface area contributed by atoms with E-state index in [1.807, 2.05) is 0 Å². The Morgan fingerprint density at radius 2 is 1.87 bits per heavy atom. The van der Waals surface area contributed by atoms with E-state index in [4.69, 9.17) is 14.6 Å². The topological polar surface area (TPSA) is 120 Å². The standard InChI is InChI=1S/C8H16O7/c1-14-7-4(11)6(3(10)2-9)15-8(13)5(7)12/h3-13H,2H2,1H3/t3-,4-,5+,6-,7-,8+/m1/s1. The summed E-state index contributed by atoms with van der Waals surface area (Å²) in [5, 5.41) is 46.2. The van der Waals surface area contributed by atoms with Crippen LogP contribution in [0.15, 0.2) is 0 Å². The van der Waals surface area contributed by atoms with Crippen molar-refractivity contribution in [1.29, 1.82) is 0 Å². The SMILES string of the molecule is CO[C@@H]1[C@H](O)[C@@H]([C@H](O)CO)O[C@H](O)[C@H]1O. The van der Waals surface area contributed by atoms with Gasteiger partial charge in [-0.2, -0.15) is 0 Å². The maximum Gasteiger partial charge on any atom is 0.184 e. The number of hydrogen-bond acceptors (Lipinski definition) is 7. The highest BCUT2D eigenvalue weighted by Crippen LogP contribution is 2.23. The van der Waals surface area contributed by atoms with E-state index in [-0.39, 0.29) is 0 Å². The van der Waals surface area contributed by atoms with Crippen molar-refractivity contribution in [2.45, 2.75) is 36.8 Å². The van der Waals surface area contributed by atoms with Gasteiger partial charge >= 0.3 is 0 Å². The Hall–Kier alpha value is -0.280. The van der Waals surface area contributed by atoms with Crippen molar-refractivity contribution in [3.05, 3.63) is 0 Å². The van der Waals surface area contributed by atoms with Crippen LogP contribution < -0.4 is 0 Å². The first kappa shape index (κ1) is 12.8. The zero-order chi connectivity index (χ0) is 11.6. The van der Waals surface area contributed by atoms with Gasteiger partial charge in [0.2, 0.25) is 0 Å². The van der Waals surface area contributed by atoms with Crippen LogP contribution in [0.1, 0.15) is 0 Å². The van der Waals surface area contributed by atoms with Gasteiger partial charge in [-0.15, -0.1) is 0 Å². The van der Waals surface area contributed by atoms with Crippen LogP contribution in [-0.4, -0.2) is 76.1 Å². The molecule has 15 heavy (non-hydrogen) atoms. The number of aliphatic hydroxyl groups excluding tert-OH is 5. The van der Waals surface area contributed by atoms with Crippen molar-refractivity contribution in [2.75, 3.05) is 13.7 Å². The highest BCUT2D eigenvalue weighted by Gasteiger charge is 2.46. The molecule has 5 N–H and O–H groups in total. The summed E-state index contributed by atoms with van der Waals surface area (Å²) >= 11 is 0. The highest BCUT2D eigenvalue weighted by atomic mass is 16.6. The Morgan fingerprint density at radius 3 is 2.33 bits per heavy atom. The molecule has 1 saturated heterocycles. The molecule has 1 fully saturated rings. The first-order valence-electron chi connectivity index (χ1n) is 4.54. The molecular formula is C8H16O7. The lowest BCUT2D eigenvalue weighted by atomic mass is 9.95. The average Bonchev–Trinajstić information content (AvgIpc) is 2.23. The molecule has 1 heterocycles. The second-order valence-electron chi connectivity index (χ2n) is 3.42. The van der Waals surface area contributed by atoms with Gasteiger partial charge in [0.1, 0.15) is 30.5 Å². The van der Waals surface area contributed by atoms with Gasteiger partial charge in [0.15, 0.2) is 6.29 Å². The third-order valence-corrected chi connectivity index (χ3v) is 2.44. The van der Waals surface area contributed by atoms with Gasteiger partial charge < -0.3 is 35.0 Å². The zero-order valence-electron chi connectivity index (χ0n) is 8.22. The monoisotopic (exact) mass is 224 g/mol. The minimum Gasteiger partial charge on any atom is -0.394 e. The Kier molecular flexibility index (Phi) is 4.41. The lowest BCUT2D eigenvalue weighted by Gasteiger charge is -2.41. The molecule has 0 radical (unpaired) electrons. The van der Waals surface area contributed by atoms with E-state index in [1.54, 1.807) is 0 Å². The van der Waals surface area contributed by atoms with Gasteiger partial charge in [0, 0.05) is 7.11 Å². The molecule has 1 aliphatic heterocycles. The average molecular weight is 224 g/mol. The maximum atomic E-state index is 9.63. The van der Waals surface area contributed by atoms with E-state index >= 15 is 0 Å². The first-order valence-corrected chi connectivity index (χ1v) is 4.54. The van der Waals surface area contributed by atoms with E-state index in [0.717, 1.165) is 0 Å². The summed E-state index contributed by atoms with van der Waals surface area (Å²) in [4.78, 5) is 0. The molecule has 0 amide bonds. The molecule has 0 saturated carbocycles. The molecule has 6 atom stereocenters. The molecular weight excluding hydrogens is 208 g/mol. The maximum absolute atomic E-state index is 9.63. The number of hydrogen-bond donors (Lipinski definition) is 5. The summed E-state index contributed by atoms with van der Waals surface area (Å²) in [7, 11) is 1.25. The van der Waals surface area contributed by atoms with Gasteiger partial charge in [0.25, 0.3) is 0 Å². The smallest absolute Gasteiger partial charge is 0.184 e. The molecule has 7 nitrogen and oxygen atoms in total. The van der Waals surface area contributed by atoms with Crippen molar-refractivity contribution in [3.8, 4) is 0 Å². The first-order chi connectivity index (χ1) is 7.02. The molecule has 0 spiro atoms. The molecule has 0 aromatic heterocycles. The number of rotatable bonds is 3. The van der Waals surface area contributed by atoms with Gasteiger partial charge in [0.05, 0.1) is 6.61 Å². The van der Waals surface area contributed by atoms with Crippen molar-refractivity contribution >= 4 is 0 Å². The molecule has 0 aromatic rings. The van der Waals surface area contributed by atoms with E-state index in [0.29, 0.717) is 0 Å². The summed E-state index contributed by atoms with van der Waals surface area (Å²) in [5.41, 5.74) is 0. The Balaban J connectivity index is 2.75. The minimum atomic E-state index is -1.57. The van der Waals surface area contributed by atoms with Gasteiger partial charge in [-0.1, -0.05) is 0 Å². The fraction of sp³-hybridized carbons (Fsp3) is 1.00. The zero-order valence-corrected chi connectivity index (χ0v) is 8.22. The molecule has 0 aliphatic carbocycles. The van der Waals surface area contributed by atoms with Gasteiger partial charge in [-0.25, -0.2) is 0 Å². The number of aliphatic hydroxyl groups is 5. The predicted molar refractivity (Wildman–Crippen MR) is 46.8 cm³/mol. The summed E-state index contributed by atoms with van der Waals surface area (Å²) in [5.74, 6) is 0. The van der Waals surface area contributed by atoms with E-state index < -0.39 is 43.4 Å². The minimum absolute atomic E-state index is 0.624. The molecule has 0 aromatic carbocycles. The van der Waals surface area contributed by atoms with E-state index in [9.17, 15) is 20.4 Å². The number of methoxy groups -OCH3 is 1. The van der Waals surface area contributed by atoms with Crippen molar-refractivity contribution in [3.63, 3.8) is 0 Å². The van der Waals surface area contributed by atoms with Crippen LogP contribution in [0.3, 0.4) is 0 Å². The summed E-state index contributed by atoms with van der Waals surface area (Å²) in [6.07, 6.45) is -7.90. The lowest BCUT2D eigenvalue weighted by molar-refractivity contribution is -0.302. The fourth-order valence-electron chi connectivity index (χ4n) is 1.57. The fourth-order valence-corrected chi connectivity index (χ4v) is 1.57. The summed E-state index contributed by atoms with van der Waals surface area (Å²) in [6, 6.07) is 0. The largest absolute Gasteiger partial charge is 0.394 e. The van der Waals surface area contributed by atoms with Crippen molar-refractivity contribution < 1.29 is 35.0 Å². The van der Waals surface area contributed by atoms with Crippen LogP contribution >= 0.6 is 0 Å². The van der Waals surface area contributed by atoms with Crippen LogP contribution in [0.5, 0.6) is 0 Å². The summed E-state index contributed by atoms with van der Waals surface area (Å²) in [6.45, 7) is -0.624. The number of ether oxygens (including phenoxy) is 2. The van der Waals surface area contributed by atoms with Crippen molar-refractivity contribution in [2.24, 2.45) is 0 Å². The Bertz CT molecular complexity index is 199. The van der Waals surface area contributed by atoms with Gasteiger partial charge in [-0.3, -0.25) is 0 Å². The Labute approximate surface area is 86.5 Å². The second kappa shape index (κ2) is 5.17. The Morgan fingerprint density at radius 1 is 1.27 bits per heavy atom. The molecule has 90 valence electrons. The summed E-state index contributed by atoms with van der Waals surface area (Å²) < 4.78 is 9.54. The van der Waals surface area contributed by atoms with Crippen LogP contribution in [0.25, 0.3) is 0 Å². The van der Waals surface area contributed by atoms with E-state index in [1.165, 1.54) is 7.11 Å². The molecule has 0 bridgehead atoms. The van der Waals surface area contributed by atoms with Crippen LogP contribution in [0.2, 0.25) is 0 Å².